The van der Waals surface area contributed by atoms with E-state index in [0.717, 1.165) is 0 Å². The summed E-state index contributed by atoms with van der Waals surface area (Å²) in [5, 5.41) is 1.31. The Morgan fingerprint density at radius 3 is 1.92 bits per heavy atom. The predicted molar refractivity (Wildman–Crippen MR) is 63.5 cm³/mol. The normalized spacial score (nSPS) is 13.4. The largest absolute Gasteiger partial charge is 0.0909 e. The molecule has 2 heteroatoms. The lowest BCUT2D eigenvalue weighted by Crippen LogP contribution is -2.05. The van der Waals surface area contributed by atoms with E-state index in [1.54, 1.807) is 0 Å². The first kappa shape index (κ1) is 11.0. The summed E-state index contributed by atoms with van der Waals surface area (Å²) in [6.07, 6.45) is 0. The molecule has 1 rings (SSSR count). The molecule has 0 nitrogen and oxygen atoms in total. The first-order valence-electron chi connectivity index (χ1n) is 4.54. The summed E-state index contributed by atoms with van der Waals surface area (Å²) in [4.78, 5) is 0. The first-order valence-corrected chi connectivity index (χ1v) is 6.85. The molecule has 0 aliphatic heterocycles. The Kier molecular flexibility index (Phi) is 3.76. The second kappa shape index (κ2) is 4.44. The van der Waals surface area contributed by atoms with Crippen LogP contribution >= 0.6 is 18.5 Å². The zero-order chi connectivity index (χ0) is 10.0. The lowest BCUT2D eigenvalue weighted by atomic mass is 10.2. The van der Waals surface area contributed by atoms with E-state index >= 15 is 0 Å². The van der Waals surface area contributed by atoms with Crippen LogP contribution in [0.2, 0.25) is 0 Å². The van der Waals surface area contributed by atoms with Crippen molar-refractivity contribution in [3.63, 3.8) is 0 Å². The highest BCUT2D eigenvalue weighted by molar-refractivity contribution is 7.90. The Morgan fingerprint density at radius 2 is 1.54 bits per heavy atom. The Balaban J connectivity index is 3.01. The van der Waals surface area contributed by atoms with Crippen molar-refractivity contribution in [3.05, 3.63) is 29.3 Å². The predicted octanol–water partition coefficient (Wildman–Crippen LogP) is 3.97. The van der Waals surface area contributed by atoms with Gasteiger partial charge >= 0.3 is 0 Å². The second-order valence-electron chi connectivity index (χ2n) is 3.75. The summed E-state index contributed by atoms with van der Waals surface area (Å²) >= 11 is 6.35. The molecule has 72 valence electrons. The molecule has 0 aromatic heterocycles. The molecule has 1 aromatic carbocycles. The minimum Gasteiger partial charge on any atom is -0.0909 e. The third-order valence-electron chi connectivity index (χ3n) is 1.91. The van der Waals surface area contributed by atoms with Crippen molar-refractivity contribution in [3.8, 4) is 0 Å². The highest BCUT2D eigenvalue weighted by atomic mass is 35.7. The minimum absolute atomic E-state index is 0.495. The summed E-state index contributed by atoms with van der Waals surface area (Å²) in [5.74, 6) is 0. The van der Waals surface area contributed by atoms with E-state index in [-0.39, 0.29) is 0 Å². The number of rotatable bonds is 2. The van der Waals surface area contributed by atoms with E-state index in [2.05, 4.69) is 45.9 Å². The van der Waals surface area contributed by atoms with Gasteiger partial charge in [0.2, 0.25) is 0 Å². The zero-order valence-electron chi connectivity index (χ0n) is 8.63. The third-order valence-corrected chi connectivity index (χ3v) is 5.32. The quantitative estimate of drug-likeness (QED) is 0.654. The van der Waals surface area contributed by atoms with Crippen molar-refractivity contribution in [1.29, 1.82) is 0 Å². The van der Waals surface area contributed by atoms with Crippen LogP contribution in [0.5, 0.6) is 0 Å². The number of hydrogen-bond acceptors (Lipinski definition) is 0. The van der Waals surface area contributed by atoms with Gasteiger partial charge < -0.3 is 0 Å². The van der Waals surface area contributed by atoms with Gasteiger partial charge in [0.05, 0.1) is 0 Å². The first-order chi connectivity index (χ1) is 6.00. The molecular formula is C11H16ClP. The van der Waals surface area contributed by atoms with Gasteiger partial charge in [-0.25, -0.2) is 0 Å². The van der Waals surface area contributed by atoms with Gasteiger partial charge in [-0.15, -0.1) is 0 Å². The van der Waals surface area contributed by atoms with Gasteiger partial charge in [-0.05, 0) is 24.8 Å². The summed E-state index contributed by atoms with van der Waals surface area (Å²) < 4.78 is 0. The van der Waals surface area contributed by atoms with E-state index < -0.39 is 7.27 Å². The molecule has 0 amide bonds. The van der Waals surface area contributed by atoms with E-state index in [0.29, 0.717) is 5.66 Å². The molecule has 0 saturated heterocycles. The fourth-order valence-corrected chi connectivity index (χ4v) is 2.92. The monoisotopic (exact) mass is 214 g/mol. The van der Waals surface area contributed by atoms with Crippen LogP contribution in [0.4, 0.5) is 0 Å². The van der Waals surface area contributed by atoms with Gasteiger partial charge in [0, 0.05) is 7.27 Å². The maximum Gasteiger partial charge on any atom is 0.0239 e. The molecule has 0 radical (unpaired) electrons. The Bertz CT molecular complexity index is 274. The standard InChI is InChI=1S/C11H16ClP/c1-8(2)13(12)11-6-9(3)5-10(4)7-11/h5-8H,1-4H3. The molecule has 0 aliphatic carbocycles. The van der Waals surface area contributed by atoms with Crippen LogP contribution in [0, 0.1) is 13.8 Å². The van der Waals surface area contributed by atoms with Crippen LogP contribution in [0.15, 0.2) is 18.2 Å². The Labute approximate surface area is 86.9 Å². The molecular weight excluding hydrogens is 199 g/mol. The van der Waals surface area contributed by atoms with Crippen molar-refractivity contribution >= 4 is 23.8 Å². The fourth-order valence-electron chi connectivity index (χ4n) is 1.37. The van der Waals surface area contributed by atoms with Gasteiger partial charge in [-0.1, -0.05) is 54.4 Å². The summed E-state index contributed by atoms with van der Waals surface area (Å²) in [6, 6.07) is 6.58. The Hall–Kier alpha value is -0.0600. The molecule has 0 spiro atoms. The molecule has 0 aliphatic rings. The average molecular weight is 215 g/mol. The summed E-state index contributed by atoms with van der Waals surface area (Å²) in [7, 11) is -0.495. The van der Waals surface area contributed by atoms with Crippen molar-refractivity contribution in [1.82, 2.24) is 0 Å². The highest BCUT2D eigenvalue weighted by Gasteiger charge is 2.12. The van der Waals surface area contributed by atoms with Crippen LogP contribution in [0.25, 0.3) is 0 Å². The van der Waals surface area contributed by atoms with E-state index in [1.165, 1.54) is 16.4 Å². The van der Waals surface area contributed by atoms with Gasteiger partial charge in [0.1, 0.15) is 0 Å². The van der Waals surface area contributed by atoms with Gasteiger partial charge in [0.25, 0.3) is 0 Å². The van der Waals surface area contributed by atoms with Gasteiger partial charge in [0.15, 0.2) is 0 Å². The second-order valence-corrected chi connectivity index (χ2v) is 7.02. The number of aryl methyl sites for hydroxylation is 2. The number of hydrogen-bond donors (Lipinski definition) is 0. The number of benzene rings is 1. The van der Waals surface area contributed by atoms with Crippen LogP contribution < -0.4 is 5.30 Å². The van der Waals surface area contributed by atoms with Crippen LogP contribution in [0.1, 0.15) is 25.0 Å². The minimum atomic E-state index is -0.495. The van der Waals surface area contributed by atoms with Crippen LogP contribution in [-0.4, -0.2) is 5.66 Å². The molecule has 0 bridgehead atoms. The smallest absolute Gasteiger partial charge is 0.0239 e. The third kappa shape index (κ3) is 2.97. The SMILES string of the molecule is Cc1cc(C)cc(P(Cl)C(C)C)c1. The van der Waals surface area contributed by atoms with Crippen molar-refractivity contribution in [2.75, 3.05) is 0 Å². The lowest BCUT2D eigenvalue weighted by Gasteiger charge is -2.14. The molecule has 1 atom stereocenters. The molecule has 0 heterocycles. The molecule has 1 unspecified atom stereocenters. The Morgan fingerprint density at radius 1 is 1.08 bits per heavy atom. The summed E-state index contributed by atoms with van der Waals surface area (Å²) in [5.41, 5.74) is 3.17. The molecule has 0 fully saturated rings. The van der Waals surface area contributed by atoms with Crippen LogP contribution in [-0.2, 0) is 0 Å². The van der Waals surface area contributed by atoms with Crippen molar-refractivity contribution in [2.24, 2.45) is 0 Å². The van der Waals surface area contributed by atoms with E-state index in [1.807, 2.05) is 0 Å². The lowest BCUT2D eigenvalue weighted by molar-refractivity contribution is 1.11. The van der Waals surface area contributed by atoms with Crippen molar-refractivity contribution < 1.29 is 0 Å². The van der Waals surface area contributed by atoms with Gasteiger partial charge in [-0.3, -0.25) is 0 Å². The summed E-state index contributed by atoms with van der Waals surface area (Å²) in [6.45, 7) is 8.60. The maximum absolute atomic E-state index is 6.35. The van der Waals surface area contributed by atoms with Crippen LogP contribution in [0.3, 0.4) is 0 Å². The molecule has 1 aromatic rings. The van der Waals surface area contributed by atoms with Gasteiger partial charge in [-0.2, -0.15) is 0 Å². The topological polar surface area (TPSA) is 0 Å². The van der Waals surface area contributed by atoms with E-state index in [4.69, 9.17) is 11.2 Å². The van der Waals surface area contributed by atoms with E-state index in [9.17, 15) is 0 Å². The molecule has 13 heavy (non-hydrogen) atoms. The maximum atomic E-state index is 6.35. The fraction of sp³-hybridized carbons (Fsp3) is 0.455. The zero-order valence-corrected chi connectivity index (χ0v) is 10.3. The number of halogens is 1. The molecule has 0 N–H and O–H groups in total. The molecule has 0 saturated carbocycles. The average Bonchev–Trinajstić information content (AvgIpc) is 2.01. The highest BCUT2D eigenvalue weighted by Crippen LogP contribution is 2.45. The van der Waals surface area contributed by atoms with Crippen molar-refractivity contribution in [2.45, 2.75) is 33.4 Å².